The zero-order valence-electron chi connectivity index (χ0n) is 19.1. The molecular formula is C25H27F3N4O. The van der Waals surface area contributed by atoms with Gasteiger partial charge in [0.05, 0.1) is 11.8 Å². The second-order valence-electron chi connectivity index (χ2n) is 7.63. The summed E-state index contributed by atoms with van der Waals surface area (Å²) >= 11 is 0. The van der Waals surface area contributed by atoms with E-state index in [0.717, 1.165) is 36.6 Å². The van der Waals surface area contributed by atoms with Gasteiger partial charge < -0.3 is 9.47 Å². The lowest BCUT2D eigenvalue weighted by Gasteiger charge is -2.20. The van der Waals surface area contributed by atoms with Gasteiger partial charge in [-0.15, -0.1) is 0 Å². The molecule has 3 aromatic rings. The number of nitrogens with zero attached hydrogens (tertiary/aromatic N) is 3. The van der Waals surface area contributed by atoms with Crippen molar-refractivity contribution in [2.45, 2.75) is 33.9 Å². The van der Waals surface area contributed by atoms with Crippen molar-refractivity contribution in [1.29, 1.82) is 0 Å². The average molecular weight is 457 g/mol. The number of anilines is 1. The molecule has 1 heterocycles. The Morgan fingerprint density at radius 2 is 1.73 bits per heavy atom. The monoisotopic (exact) mass is 456 g/mol. The van der Waals surface area contributed by atoms with Crippen molar-refractivity contribution in [3.05, 3.63) is 82.7 Å². The van der Waals surface area contributed by atoms with Crippen LogP contribution in [0.1, 0.15) is 46.7 Å². The van der Waals surface area contributed by atoms with Crippen LogP contribution in [-0.4, -0.2) is 29.8 Å². The van der Waals surface area contributed by atoms with Gasteiger partial charge in [-0.05, 0) is 76.2 Å². The van der Waals surface area contributed by atoms with Gasteiger partial charge in [-0.1, -0.05) is 6.07 Å². The van der Waals surface area contributed by atoms with Gasteiger partial charge in [-0.25, -0.2) is 5.43 Å². The number of amides is 1. The van der Waals surface area contributed by atoms with Gasteiger partial charge in [0, 0.05) is 47.0 Å². The topological polar surface area (TPSA) is 49.6 Å². The molecule has 0 saturated carbocycles. The first-order chi connectivity index (χ1) is 15.7. The minimum absolute atomic E-state index is 0.343. The quantitative estimate of drug-likeness (QED) is 0.365. The number of aryl methyl sites for hydroxylation is 1. The lowest BCUT2D eigenvalue weighted by Crippen LogP contribution is -2.22. The van der Waals surface area contributed by atoms with Crippen LogP contribution in [0.2, 0.25) is 0 Å². The number of hydrogen-bond donors (Lipinski definition) is 1. The van der Waals surface area contributed by atoms with E-state index in [9.17, 15) is 18.0 Å². The first kappa shape index (κ1) is 24.1. The number of hydrogen-bond acceptors (Lipinski definition) is 3. The van der Waals surface area contributed by atoms with Crippen LogP contribution in [0.25, 0.3) is 5.69 Å². The normalized spacial score (nSPS) is 11.7. The molecule has 174 valence electrons. The number of benzene rings is 2. The highest BCUT2D eigenvalue weighted by atomic mass is 19.4. The van der Waals surface area contributed by atoms with Crippen LogP contribution in [0.15, 0.2) is 59.7 Å². The zero-order chi connectivity index (χ0) is 24.2. The molecule has 1 amide bonds. The fraction of sp³-hybridized carbons (Fsp3) is 0.280. The fourth-order valence-corrected chi connectivity index (χ4v) is 3.77. The van der Waals surface area contributed by atoms with Crippen LogP contribution in [0.5, 0.6) is 0 Å². The molecule has 33 heavy (non-hydrogen) atoms. The summed E-state index contributed by atoms with van der Waals surface area (Å²) in [6, 6.07) is 14.3. The van der Waals surface area contributed by atoms with E-state index in [4.69, 9.17) is 0 Å². The van der Waals surface area contributed by atoms with E-state index < -0.39 is 11.7 Å². The molecule has 1 N–H and O–H groups in total. The molecule has 0 aliphatic rings. The SMILES string of the molecule is CCN(CC)c1ccc(C(=O)NN=Cc2cc(C)n(-c3cccc(C(F)(F)F)c3)c2C)cc1. The van der Waals surface area contributed by atoms with Gasteiger partial charge in [-0.2, -0.15) is 18.3 Å². The minimum atomic E-state index is -4.41. The highest BCUT2D eigenvalue weighted by Crippen LogP contribution is 2.31. The van der Waals surface area contributed by atoms with Crippen molar-refractivity contribution >= 4 is 17.8 Å². The van der Waals surface area contributed by atoms with Gasteiger partial charge in [0.1, 0.15) is 0 Å². The molecular weight excluding hydrogens is 429 g/mol. The molecule has 0 aliphatic carbocycles. The van der Waals surface area contributed by atoms with Crippen molar-refractivity contribution in [2.24, 2.45) is 5.10 Å². The number of carbonyl (C=O) groups is 1. The van der Waals surface area contributed by atoms with Crippen molar-refractivity contribution in [3.63, 3.8) is 0 Å². The summed E-state index contributed by atoms with van der Waals surface area (Å²) in [4.78, 5) is 14.6. The van der Waals surface area contributed by atoms with Crippen LogP contribution in [-0.2, 0) is 6.18 Å². The molecule has 0 unspecified atom stereocenters. The van der Waals surface area contributed by atoms with Crippen LogP contribution in [0.3, 0.4) is 0 Å². The van der Waals surface area contributed by atoms with E-state index in [1.807, 2.05) is 18.2 Å². The van der Waals surface area contributed by atoms with Crippen LogP contribution in [0, 0.1) is 13.8 Å². The highest BCUT2D eigenvalue weighted by Gasteiger charge is 2.30. The van der Waals surface area contributed by atoms with Crippen LogP contribution < -0.4 is 10.3 Å². The summed E-state index contributed by atoms with van der Waals surface area (Å²) in [6.07, 6.45) is -2.92. The molecule has 0 radical (unpaired) electrons. The first-order valence-corrected chi connectivity index (χ1v) is 10.7. The summed E-state index contributed by atoms with van der Waals surface area (Å²) < 4.78 is 41.0. The van der Waals surface area contributed by atoms with E-state index >= 15 is 0 Å². The second-order valence-corrected chi connectivity index (χ2v) is 7.63. The molecule has 0 bridgehead atoms. The maximum absolute atomic E-state index is 13.1. The van der Waals surface area contributed by atoms with Crippen molar-refractivity contribution in [2.75, 3.05) is 18.0 Å². The van der Waals surface area contributed by atoms with E-state index in [1.54, 1.807) is 36.6 Å². The summed E-state index contributed by atoms with van der Waals surface area (Å²) in [5.41, 5.74) is 5.91. The number of halogens is 3. The summed E-state index contributed by atoms with van der Waals surface area (Å²) in [6.45, 7) is 9.51. The third-order valence-electron chi connectivity index (χ3n) is 5.53. The third-order valence-corrected chi connectivity index (χ3v) is 5.53. The molecule has 0 atom stereocenters. The second kappa shape index (κ2) is 9.94. The molecule has 0 aliphatic heterocycles. The maximum atomic E-state index is 13.1. The Balaban J connectivity index is 1.75. The van der Waals surface area contributed by atoms with E-state index in [0.29, 0.717) is 22.5 Å². The molecule has 8 heteroatoms. The van der Waals surface area contributed by atoms with Crippen molar-refractivity contribution in [1.82, 2.24) is 9.99 Å². The Hall–Kier alpha value is -3.55. The molecule has 3 rings (SSSR count). The number of alkyl halides is 3. The van der Waals surface area contributed by atoms with Gasteiger partial charge in [0.25, 0.3) is 5.91 Å². The Kier molecular flexibility index (Phi) is 7.26. The standard InChI is InChI=1S/C25H27F3N4O/c1-5-31(6-2)22-12-10-19(11-13-22)24(33)30-29-16-20-14-17(3)32(18(20)4)23-9-7-8-21(15-23)25(26,27)28/h7-16H,5-6H2,1-4H3,(H,30,33). The summed E-state index contributed by atoms with van der Waals surface area (Å²) in [7, 11) is 0. The van der Waals surface area contributed by atoms with Gasteiger partial charge in [-0.3, -0.25) is 4.79 Å². The smallest absolute Gasteiger partial charge is 0.372 e. The number of carbonyl (C=O) groups excluding carboxylic acids is 1. The number of aromatic nitrogens is 1. The molecule has 0 saturated heterocycles. The first-order valence-electron chi connectivity index (χ1n) is 10.7. The molecule has 0 fully saturated rings. The molecule has 1 aromatic heterocycles. The minimum Gasteiger partial charge on any atom is -0.372 e. The lowest BCUT2D eigenvalue weighted by atomic mass is 10.2. The van der Waals surface area contributed by atoms with E-state index in [2.05, 4.69) is 29.3 Å². The third kappa shape index (κ3) is 5.45. The predicted octanol–water partition coefficient (Wildman–Crippen LogP) is 5.72. The summed E-state index contributed by atoms with van der Waals surface area (Å²) in [5, 5.41) is 4.05. The summed E-state index contributed by atoms with van der Waals surface area (Å²) in [5.74, 6) is -0.343. The Morgan fingerprint density at radius 1 is 1.06 bits per heavy atom. The van der Waals surface area contributed by atoms with E-state index in [1.165, 1.54) is 12.3 Å². The van der Waals surface area contributed by atoms with Gasteiger partial charge in [0.15, 0.2) is 0 Å². The maximum Gasteiger partial charge on any atom is 0.416 e. The average Bonchev–Trinajstić information content (AvgIpc) is 3.07. The predicted molar refractivity (Wildman–Crippen MR) is 125 cm³/mol. The Labute approximate surface area is 191 Å². The Morgan fingerprint density at radius 3 is 2.33 bits per heavy atom. The molecule has 5 nitrogen and oxygen atoms in total. The van der Waals surface area contributed by atoms with E-state index in [-0.39, 0.29) is 5.91 Å². The van der Waals surface area contributed by atoms with Gasteiger partial charge in [0.2, 0.25) is 0 Å². The number of nitrogens with one attached hydrogen (secondary N) is 1. The molecule has 2 aromatic carbocycles. The van der Waals surface area contributed by atoms with Crippen molar-refractivity contribution < 1.29 is 18.0 Å². The number of hydrazone groups is 1. The van der Waals surface area contributed by atoms with Crippen LogP contribution >= 0.6 is 0 Å². The molecule has 0 spiro atoms. The number of rotatable bonds is 7. The fourth-order valence-electron chi connectivity index (χ4n) is 3.77. The highest BCUT2D eigenvalue weighted by molar-refractivity contribution is 5.95. The van der Waals surface area contributed by atoms with Crippen LogP contribution in [0.4, 0.5) is 18.9 Å². The van der Waals surface area contributed by atoms with Crippen molar-refractivity contribution in [3.8, 4) is 5.69 Å². The lowest BCUT2D eigenvalue weighted by molar-refractivity contribution is -0.137. The van der Waals surface area contributed by atoms with Gasteiger partial charge >= 0.3 is 6.18 Å². The Bertz CT molecular complexity index is 1140. The largest absolute Gasteiger partial charge is 0.416 e. The zero-order valence-corrected chi connectivity index (χ0v) is 19.1.